The normalized spacial score (nSPS) is 11.8. The van der Waals surface area contributed by atoms with Crippen LogP contribution in [-0.2, 0) is 0 Å². The molecule has 0 radical (unpaired) electrons. The lowest BCUT2D eigenvalue weighted by Crippen LogP contribution is -1.99. The molecule has 1 aromatic carbocycles. The van der Waals surface area contributed by atoms with Crippen LogP contribution >= 0.6 is 39.3 Å². The monoisotopic (exact) mass is 290 g/mol. The molecule has 0 aliphatic carbocycles. The van der Waals surface area contributed by atoms with Gasteiger partial charge >= 0.3 is 5.51 Å². The zero-order valence-corrected chi connectivity index (χ0v) is 9.19. The average molecular weight is 292 g/mol. The lowest BCUT2D eigenvalue weighted by atomic mass is 10.4. The molecule has 0 aromatic heterocycles. The van der Waals surface area contributed by atoms with Crippen LogP contribution in [-0.4, -0.2) is 5.51 Å². The van der Waals surface area contributed by atoms with Crippen LogP contribution in [0.15, 0.2) is 27.6 Å². The van der Waals surface area contributed by atoms with Crippen LogP contribution < -0.4 is 0 Å². The molecule has 0 fully saturated rings. The van der Waals surface area contributed by atoms with Gasteiger partial charge in [0, 0.05) is 9.37 Å². The van der Waals surface area contributed by atoms with E-state index in [1.165, 1.54) is 18.2 Å². The first-order valence-electron chi connectivity index (χ1n) is 3.09. The van der Waals surface area contributed by atoms with E-state index in [0.717, 1.165) is 0 Å². The average Bonchev–Trinajstić information content (AvgIpc) is 1.93. The van der Waals surface area contributed by atoms with Gasteiger partial charge in [0.2, 0.25) is 0 Å². The zero-order chi connectivity index (χ0) is 10.1. The number of hydrogen-bond donors (Lipinski definition) is 0. The third-order valence-electron chi connectivity index (χ3n) is 1.12. The summed E-state index contributed by atoms with van der Waals surface area (Å²) in [6.45, 7) is 0. The molecule has 0 N–H and O–H groups in total. The molecule has 6 heteroatoms. The second-order valence-corrected chi connectivity index (χ2v) is 4.55. The molecule has 0 spiro atoms. The fourth-order valence-corrected chi connectivity index (χ4v) is 2.01. The summed E-state index contributed by atoms with van der Waals surface area (Å²) < 4.78 is 36.4. The summed E-state index contributed by atoms with van der Waals surface area (Å²) in [6.07, 6.45) is 0. The molecule has 0 aliphatic heterocycles. The molecule has 0 saturated heterocycles. The lowest BCUT2D eigenvalue weighted by molar-refractivity contribution is -0.0328. The zero-order valence-electron chi connectivity index (χ0n) is 6.03. The molecule has 72 valence electrons. The highest BCUT2D eigenvalue weighted by Gasteiger charge is 2.30. The molecule has 0 unspecified atom stereocenters. The van der Waals surface area contributed by atoms with E-state index in [1.807, 2.05) is 0 Å². The summed E-state index contributed by atoms with van der Waals surface area (Å²) in [5.41, 5.74) is -4.29. The Morgan fingerprint density at radius 1 is 1.31 bits per heavy atom. The van der Waals surface area contributed by atoms with E-state index in [9.17, 15) is 13.2 Å². The molecule has 1 rings (SSSR count). The van der Waals surface area contributed by atoms with E-state index < -0.39 is 5.51 Å². The number of halogens is 5. The smallest absolute Gasteiger partial charge is 0.160 e. The van der Waals surface area contributed by atoms with Crippen molar-refractivity contribution in [2.75, 3.05) is 0 Å². The summed E-state index contributed by atoms with van der Waals surface area (Å²) in [5, 5.41) is 0.0942. The van der Waals surface area contributed by atoms with Crippen molar-refractivity contribution in [1.82, 2.24) is 0 Å². The second kappa shape index (κ2) is 4.11. The molecule has 1 aromatic rings. The van der Waals surface area contributed by atoms with E-state index in [0.29, 0.717) is 4.47 Å². The third kappa shape index (κ3) is 3.79. The Labute approximate surface area is 90.6 Å². The fourth-order valence-electron chi connectivity index (χ4n) is 0.683. The van der Waals surface area contributed by atoms with Crippen molar-refractivity contribution in [2.45, 2.75) is 10.4 Å². The van der Waals surface area contributed by atoms with Crippen LogP contribution in [0.5, 0.6) is 0 Å². The first-order chi connectivity index (χ1) is 5.88. The van der Waals surface area contributed by atoms with E-state index in [2.05, 4.69) is 15.9 Å². The maximum atomic E-state index is 11.9. The molecule has 0 amide bonds. The van der Waals surface area contributed by atoms with Gasteiger partial charge in [-0.3, -0.25) is 0 Å². The highest BCUT2D eigenvalue weighted by atomic mass is 79.9. The van der Waals surface area contributed by atoms with Crippen LogP contribution in [0.4, 0.5) is 13.2 Å². The Morgan fingerprint density at radius 2 is 1.92 bits per heavy atom. The topological polar surface area (TPSA) is 0 Å². The van der Waals surface area contributed by atoms with E-state index in [1.54, 1.807) is 0 Å². The minimum Gasteiger partial charge on any atom is -0.160 e. The quantitative estimate of drug-likeness (QED) is 0.675. The molecule has 0 nitrogen and oxygen atoms in total. The minimum absolute atomic E-state index is 0.0115. The summed E-state index contributed by atoms with van der Waals surface area (Å²) in [4.78, 5) is 0.0115. The Kier molecular flexibility index (Phi) is 3.54. The minimum atomic E-state index is -4.29. The van der Waals surface area contributed by atoms with Crippen molar-refractivity contribution in [3.8, 4) is 0 Å². The van der Waals surface area contributed by atoms with Gasteiger partial charge in [-0.2, -0.15) is 13.2 Å². The van der Waals surface area contributed by atoms with Gasteiger partial charge in [-0.15, -0.1) is 0 Å². The van der Waals surface area contributed by atoms with Crippen molar-refractivity contribution in [3.05, 3.63) is 27.7 Å². The molecule has 0 saturated carbocycles. The first kappa shape index (κ1) is 11.2. The number of thioether (sulfide) groups is 1. The molecule has 13 heavy (non-hydrogen) atoms. The Morgan fingerprint density at radius 3 is 2.38 bits per heavy atom. The number of benzene rings is 1. The van der Waals surface area contributed by atoms with Gasteiger partial charge in [-0.05, 0) is 30.0 Å². The Hall–Kier alpha value is 0.130. The predicted molar refractivity (Wildman–Crippen MR) is 51.1 cm³/mol. The third-order valence-corrected chi connectivity index (χ3v) is 2.84. The van der Waals surface area contributed by atoms with Crippen molar-refractivity contribution in [3.63, 3.8) is 0 Å². The molecule has 0 heterocycles. The van der Waals surface area contributed by atoms with Crippen LogP contribution in [0.3, 0.4) is 0 Å². The Balaban J connectivity index is 2.90. The van der Waals surface area contributed by atoms with Crippen molar-refractivity contribution in [1.29, 1.82) is 0 Å². The maximum absolute atomic E-state index is 11.9. The Bertz CT molecular complexity index is 313. The van der Waals surface area contributed by atoms with Gasteiger partial charge in [0.15, 0.2) is 0 Å². The molecule has 0 atom stereocenters. The number of hydrogen-bond acceptors (Lipinski definition) is 1. The van der Waals surface area contributed by atoms with Crippen molar-refractivity contribution in [2.24, 2.45) is 0 Å². The lowest BCUT2D eigenvalue weighted by Gasteiger charge is -2.06. The predicted octanol–water partition coefficient (Wildman–Crippen LogP) is 4.71. The van der Waals surface area contributed by atoms with Crippen LogP contribution in [0, 0.1) is 0 Å². The largest absolute Gasteiger partial charge is 0.446 e. The standard InChI is InChI=1S/C7H3BrClF3S/c8-4-1-2-6(5(9)3-4)13-7(10,11)12/h1-3H. The van der Waals surface area contributed by atoms with Gasteiger partial charge in [0.25, 0.3) is 0 Å². The van der Waals surface area contributed by atoms with E-state index in [-0.39, 0.29) is 21.7 Å². The van der Waals surface area contributed by atoms with Gasteiger partial charge < -0.3 is 0 Å². The van der Waals surface area contributed by atoms with Gasteiger partial charge in [0.05, 0.1) is 5.02 Å². The maximum Gasteiger partial charge on any atom is 0.446 e. The van der Waals surface area contributed by atoms with Gasteiger partial charge in [0.1, 0.15) is 0 Å². The SMILES string of the molecule is FC(F)(F)Sc1ccc(Br)cc1Cl. The van der Waals surface area contributed by atoms with Crippen molar-refractivity contribution < 1.29 is 13.2 Å². The van der Waals surface area contributed by atoms with E-state index in [4.69, 9.17) is 11.6 Å². The first-order valence-corrected chi connectivity index (χ1v) is 5.08. The number of rotatable bonds is 1. The second-order valence-electron chi connectivity index (χ2n) is 2.12. The molecular weight excluding hydrogens is 288 g/mol. The molecule has 0 bridgehead atoms. The van der Waals surface area contributed by atoms with Crippen molar-refractivity contribution >= 4 is 39.3 Å². The molecular formula is C7H3BrClF3S. The highest BCUT2D eigenvalue weighted by molar-refractivity contribution is 9.10. The molecule has 0 aliphatic rings. The highest BCUT2D eigenvalue weighted by Crippen LogP contribution is 2.40. The summed E-state index contributed by atoms with van der Waals surface area (Å²) >= 11 is 8.47. The van der Waals surface area contributed by atoms with Crippen LogP contribution in [0.1, 0.15) is 0 Å². The van der Waals surface area contributed by atoms with E-state index >= 15 is 0 Å². The van der Waals surface area contributed by atoms with Crippen LogP contribution in [0.2, 0.25) is 5.02 Å². The van der Waals surface area contributed by atoms with Gasteiger partial charge in [-0.1, -0.05) is 27.5 Å². The van der Waals surface area contributed by atoms with Gasteiger partial charge in [-0.25, -0.2) is 0 Å². The van der Waals surface area contributed by atoms with Crippen LogP contribution in [0.25, 0.3) is 0 Å². The fraction of sp³-hybridized carbons (Fsp3) is 0.143. The number of alkyl halides is 3. The summed E-state index contributed by atoms with van der Waals surface area (Å²) in [7, 11) is 0. The summed E-state index contributed by atoms with van der Waals surface area (Å²) in [5.74, 6) is 0. The summed E-state index contributed by atoms with van der Waals surface area (Å²) in [6, 6.07) is 4.26.